The third-order valence-corrected chi connectivity index (χ3v) is 4.76. The van der Waals surface area contributed by atoms with Crippen molar-refractivity contribution in [2.24, 2.45) is 0 Å². The van der Waals surface area contributed by atoms with Gasteiger partial charge in [-0.05, 0) is 42.3 Å². The molecule has 0 aliphatic carbocycles. The molecule has 7 heteroatoms. The minimum Gasteiger partial charge on any atom is -0.348 e. The Labute approximate surface area is 153 Å². The first-order chi connectivity index (χ1) is 11.9. The first-order valence-corrected chi connectivity index (χ1v) is 8.61. The van der Waals surface area contributed by atoms with Gasteiger partial charge in [-0.1, -0.05) is 34.1 Å². The number of nitrogens with zero attached hydrogens (tertiary/aromatic N) is 1. The molecule has 0 saturated heterocycles. The molecule has 2 aromatic carbocycles. The monoisotopic (exact) mass is 405 g/mol. The molecule has 1 unspecified atom stereocenters. The Kier molecular flexibility index (Phi) is 5.03. The molecule has 25 heavy (non-hydrogen) atoms. The van der Waals surface area contributed by atoms with Gasteiger partial charge in [-0.3, -0.25) is 4.79 Å². The summed E-state index contributed by atoms with van der Waals surface area (Å²) in [5, 5.41) is 5.55. The summed E-state index contributed by atoms with van der Waals surface area (Å²) >= 11 is 3.46. The lowest BCUT2D eigenvalue weighted by Gasteiger charge is -2.29. The van der Waals surface area contributed by atoms with E-state index in [0.717, 1.165) is 10.0 Å². The summed E-state index contributed by atoms with van der Waals surface area (Å²) in [6.07, 6.45) is 0. The number of hydrogen-bond donors (Lipinski definition) is 2. The summed E-state index contributed by atoms with van der Waals surface area (Å²) in [6, 6.07) is 11.2. The zero-order valence-corrected chi connectivity index (χ0v) is 15.1. The number of fused-ring (bicyclic) bond motifs is 1. The van der Waals surface area contributed by atoms with E-state index in [1.165, 1.54) is 23.1 Å². The molecule has 0 aromatic heterocycles. The number of amides is 3. The van der Waals surface area contributed by atoms with Gasteiger partial charge in [0.25, 0.3) is 0 Å². The van der Waals surface area contributed by atoms with Crippen LogP contribution in [-0.4, -0.2) is 23.4 Å². The fraction of sp³-hybridized carbons (Fsp3) is 0.222. The maximum Gasteiger partial charge on any atom is 0.322 e. The smallest absolute Gasteiger partial charge is 0.322 e. The van der Waals surface area contributed by atoms with Gasteiger partial charge in [-0.25, -0.2) is 9.18 Å². The highest BCUT2D eigenvalue weighted by Crippen LogP contribution is 2.25. The van der Waals surface area contributed by atoms with Crippen LogP contribution in [0.4, 0.5) is 14.9 Å². The van der Waals surface area contributed by atoms with E-state index in [1.54, 1.807) is 0 Å². The normalized spacial score (nSPS) is 14.5. The molecule has 1 aliphatic rings. The van der Waals surface area contributed by atoms with Crippen LogP contribution in [0.5, 0.6) is 0 Å². The van der Waals surface area contributed by atoms with E-state index < -0.39 is 0 Å². The van der Waals surface area contributed by atoms with Crippen LogP contribution in [0.3, 0.4) is 0 Å². The van der Waals surface area contributed by atoms with Crippen molar-refractivity contribution in [3.63, 3.8) is 0 Å². The molecule has 0 bridgehead atoms. The molecular weight excluding hydrogens is 389 g/mol. The average Bonchev–Trinajstić information content (AvgIpc) is 2.56. The lowest BCUT2D eigenvalue weighted by molar-refractivity contribution is -0.122. The van der Waals surface area contributed by atoms with Crippen LogP contribution in [0, 0.1) is 5.82 Å². The van der Waals surface area contributed by atoms with Crippen molar-refractivity contribution in [3.05, 3.63) is 63.9 Å². The summed E-state index contributed by atoms with van der Waals surface area (Å²) in [7, 11) is 0. The molecule has 5 nitrogen and oxygen atoms in total. The van der Waals surface area contributed by atoms with Crippen molar-refractivity contribution in [1.29, 1.82) is 0 Å². The third-order valence-electron chi connectivity index (χ3n) is 4.04. The van der Waals surface area contributed by atoms with Crippen LogP contribution in [0.25, 0.3) is 0 Å². The van der Waals surface area contributed by atoms with Crippen LogP contribution in [0.2, 0.25) is 0 Å². The number of nitrogens with one attached hydrogen (secondary N) is 2. The van der Waals surface area contributed by atoms with E-state index >= 15 is 0 Å². The quantitative estimate of drug-likeness (QED) is 0.811. The molecule has 1 atom stereocenters. The van der Waals surface area contributed by atoms with Crippen LogP contribution >= 0.6 is 15.9 Å². The van der Waals surface area contributed by atoms with Gasteiger partial charge in [-0.2, -0.15) is 0 Å². The molecule has 0 fully saturated rings. The SMILES string of the molecule is CC(NC(=O)CN1Cc2cc(F)ccc2NC1=O)c1ccccc1Br. The number of urea groups is 1. The van der Waals surface area contributed by atoms with Gasteiger partial charge in [0.15, 0.2) is 0 Å². The van der Waals surface area contributed by atoms with Gasteiger partial charge in [0.1, 0.15) is 12.4 Å². The average molecular weight is 406 g/mol. The first kappa shape index (κ1) is 17.4. The Bertz CT molecular complexity index is 828. The molecule has 130 valence electrons. The van der Waals surface area contributed by atoms with Crippen LogP contribution in [0.1, 0.15) is 24.1 Å². The molecule has 1 heterocycles. The molecule has 0 spiro atoms. The van der Waals surface area contributed by atoms with Crippen LogP contribution < -0.4 is 10.6 Å². The van der Waals surface area contributed by atoms with Gasteiger partial charge < -0.3 is 15.5 Å². The number of benzene rings is 2. The second-order valence-corrected chi connectivity index (χ2v) is 6.75. The van der Waals surface area contributed by atoms with Gasteiger partial charge in [0.05, 0.1) is 12.6 Å². The van der Waals surface area contributed by atoms with Gasteiger partial charge >= 0.3 is 6.03 Å². The standard InChI is InChI=1S/C18H17BrFN3O2/c1-11(14-4-2-3-5-15(14)19)21-17(24)10-23-9-12-8-13(20)6-7-16(12)22-18(23)25/h2-8,11H,9-10H2,1H3,(H,21,24)(H,22,25). The number of carbonyl (C=O) groups is 2. The molecule has 2 N–H and O–H groups in total. The predicted octanol–water partition coefficient (Wildman–Crippen LogP) is 3.81. The third kappa shape index (κ3) is 3.99. The number of hydrogen-bond acceptors (Lipinski definition) is 2. The van der Waals surface area contributed by atoms with Crippen LogP contribution in [-0.2, 0) is 11.3 Å². The van der Waals surface area contributed by atoms with Gasteiger partial charge in [-0.15, -0.1) is 0 Å². The Morgan fingerprint density at radius 1 is 1.36 bits per heavy atom. The first-order valence-electron chi connectivity index (χ1n) is 7.82. The molecule has 3 rings (SSSR count). The van der Waals surface area contributed by atoms with E-state index in [1.807, 2.05) is 31.2 Å². The summed E-state index contributed by atoms with van der Waals surface area (Å²) in [4.78, 5) is 25.8. The lowest BCUT2D eigenvalue weighted by atomic mass is 10.1. The highest BCUT2D eigenvalue weighted by molar-refractivity contribution is 9.10. The lowest BCUT2D eigenvalue weighted by Crippen LogP contribution is -2.45. The molecular formula is C18H17BrFN3O2. The summed E-state index contributed by atoms with van der Waals surface area (Å²) < 4.78 is 14.3. The molecule has 2 aromatic rings. The van der Waals surface area contributed by atoms with Crippen molar-refractivity contribution in [1.82, 2.24) is 10.2 Å². The Morgan fingerprint density at radius 2 is 2.12 bits per heavy atom. The highest BCUT2D eigenvalue weighted by Gasteiger charge is 2.25. The topological polar surface area (TPSA) is 61.4 Å². The van der Waals surface area contributed by atoms with E-state index in [4.69, 9.17) is 0 Å². The van der Waals surface area contributed by atoms with Crippen molar-refractivity contribution in [2.75, 3.05) is 11.9 Å². The largest absolute Gasteiger partial charge is 0.348 e. The number of carbonyl (C=O) groups excluding carboxylic acids is 2. The summed E-state index contributed by atoms with van der Waals surface area (Å²) in [5.41, 5.74) is 2.17. The molecule has 3 amide bonds. The molecule has 0 radical (unpaired) electrons. The number of rotatable bonds is 4. The van der Waals surface area contributed by atoms with Crippen molar-refractivity contribution in [2.45, 2.75) is 19.5 Å². The maximum atomic E-state index is 13.4. The minimum atomic E-state index is -0.373. The van der Waals surface area contributed by atoms with E-state index in [0.29, 0.717) is 11.3 Å². The Morgan fingerprint density at radius 3 is 2.88 bits per heavy atom. The highest BCUT2D eigenvalue weighted by atomic mass is 79.9. The fourth-order valence-electron chi connectivity index (χ4n) is 2.78. The summed E-state index contributed by atoms with van der Waals surface area (Å²) in [6.45, 7) is 1.96. The van der Waals surface area contributed by atoms with Crippen molar-refractivity contribution in [3.8, 4) is 0 Å². The fourth-order valence-corrected chi connectivity index (χ4v) is 3.41. The van der Waals surface area contributed by atoms with Crippen molar-refractivity contribution >= 4 is 33.6 Å². The number of anilines is 1. The van der Waals surface area contributed by atoms with Crippen molar-refractivity contribution < 1.29 is 14.0 Å². The Hall–Kier alpha value is -2.41. The maximum absolute atomic E-state index is 13.4. The van der Waals surface area contributed by atoms with Gasteiger partial charge in [0, 0.05) is 10.2 Å². The predicted molar refractivity (Wildman–Crippen MR) is 96.5 cm³/mol. The second-order valence-electron chi connectivity index (χ2n) is 5.90. The van der Waals surface area contributed by atoms with E-state index in [9.17, 15) is 14.0 Å². The van der Waals surface area contributed by atoms with Crippen LogP contribution in [0.15, 0.2) is 46.9 Å². The number of halogens is 2. The second kappa shape index (κ2) is 7.23. The van der Waals surface area contributed by atoms with E-state index in [2.05, 4.69) is 26.6 Å². The summed E-state index contributed by atoms with van der Waals surface area (Å²) in [5.74, 6) is -0.653. The minimum absolute atomic E-state index is 0.101. The Balaban J connectivity index is 1.65. The van der Waals surface area contributed by atoms with E-state index in [-0.39, 0.29) is 36.9 Å². The molecule has 0 saturated carbocycles. The zero-order valence-electron chi connectivity index (χ0n) is 13.6. The molecule has 1 aliphatic heterocycles. The van der Waals surface area contributed by atoms with Gasteiger partial charge in [0.2, 0.25) is 5.91 Å². The zero-order chi connectivity index (χ0) is 18.0.